The maximum Gasteiger partial charge on any atom is 0.333 e. The standard InChI is InChI=1S/C16H14ClN3O4S/c1-2-23-15(22)7-14-20(13(21)9-25-14)8-12-18-16(19-24-12)10-5-3-4-6-11(10)17/h3-7H,2,8-9H2,1H3/b14-7-. The first-order valence-corrected chi connectivity index (χ1v) is 8.84. The minimum absolute atomic E-state index is 0.0779. The number of amides is 1. The van der Waals surface area contributed by atoms with Crippen molar-refractivity contribution in [1.82, 2.24) is 15.0 Å². The van der Waals surface area contributed by atoms with E-state index in [0.29, 0.717) is 21.4 Å². The predicted molar refractivity (Wildman–Crippen MR) is 92.5 cm³/mol. The van der Waals surface area contributed by atoms with Gasteiger partial charge in [-0.3, -0.25) is 9.69 Å². The van der Waals surface area contributed by atoms with E-state index < -0.39 is 5.97 Å². The molecule has 0 spiro atoms. The van der Waals surface area contributed by atoms with Crippen LogP contribution < -0.4 is 0 Å². The van der Waals surface area contributed by atoms with Crippen molar-refractivity contribution in [3.63, 3.8) is 0 Å². The summed E-state index contributed by atoms with van der Waals surface area (Å²) in [7, 11) is 0. The van der Waals surface area contributed by atoms with Gasteiger partial charge in [-0.1, -0.05) is 40.7 Å². The number of nitrogens with zero attached hydrogens (tertiary/aromatic N) is 3. The van der Waals surface area contributed by atoms with Crippen LogP contribution in [0.2, 0.25) is 5.02 Å². The van der Waals surface area contributed by atoms with Crippen LogP contribution in [0, 0.1) is 0 Å². The number of esters is 1. The molecule has 1 saturated heterocycles. The molecule has 2 aromatic rings. The second-order valence-electron chi connectivity index (χ2n) is 4.99. The largest absolute Gasteiger partial charge is 0.463 e. The lowest BCUT2D eigenvalue weighted by molar-refractivity contribution is -0.137. The van der Waals surface area contributed by atoms with Crippen molar-refractivity contribution in [2.45, 2.75) is 13.5 Å². The molecule has 0 bridgehead atoms. The van der Waals surface area contributed by atoms with Gasteiger partial charge in [0.25, 0.3) is 0 Å². The van der Waals surface area contributed by atoms with Gasteiger partial charge in [-0.15, -0.1) is 0 Å². The summed E-state index contributed by atoms with van der Waals surface area (Å²) in [6, 6.07) is 7.13. The van der Waals surface area contributed by atoms with Crippen LogP contribution in [-0.2, 0) is 20.9 Å². The van der Waals surface area contributed by atoms with E-state index >= 15 is 0 Å². The lowest BCUT2D eigenvalue weighted by Gasteiger charge is -2.13. The molecule has 1 aromatic carbocycles. The number of thioether (sulfide) groups is 1. The van der Waals surface area contributed by atoms with Crippen LogP contribution in [0.3, 0.4) is 0 Å². The minimum Gasteiger partial charge on any atom is -0.463 e. The second-order valence-corrected chi connectivity index (χ2v) is 6.40. The number of carbonyl (C=O) groups is 2. The van der Waals surface area contributed by atoms with Gasteiger partial charge in [-0.2, -0.15) is 4.98 Å². The Balaban J connectivity index is 1.78. The molecular formula is C16H14ClN3O4S. The number of aromatic nitrogens is 2. The van der Waals surface area contributed by atoms with Gasteiger partial charge in [0.15, 0.2) is 0 Å². The fraction of sp³-hybridized carbons (Fsp3) is 0.250. The molecule has 9 heteroatoms. The van der Waals surface area contributed by atoms with E-state index in [-0.39, 0.29) is 30.7 Å². The molecule has 3 rings (SSSR count). The molecule has 1 fully saturated rings. The minimum atomic E-state index is -0.494. The quantitative estimate of drug-likeness (QED) is 0.583. The average molecular weight is 380 g/mol. The van der Waals surface area contributed by atoms with E-state index in [2.05, 4.69) is 10.1 Å². The lowest BCUT2D eigenvalue weighted by atomic mass is 10.2. The lowest BCUT2D eigenvalue weighted by Crippen LogP contribution is -2.24. The molecule has 0 saturated carbocycles. The zero-order valence-corrected chi connectivity index (χ0v) is 14.8. The molecule has 7 nitrogen and oxygen atoms in total. The van der Waals surface area contributed by atoms with E-state index in [1.54, 1.807) is 25.1 Å². The zero-order chi connectivity index (χ0) is 17.8. The normalized spacial score (nSPS) is 15.8. The van der Waals surface area contributed by atoms with Gasteiger partial charge in [0.05, 0.1) is 28.5 Å². The van der Waals surface area contributed by atoms with Crippen molar-refractivity contribution in [1.29, 1.82) is 0 Å². The van der Waals surface area contributed by atoms with Crippen LogP contribution in [0.15, 0.2) is 39.9 Å². The van der Waals surface area contributed by atoms with Crippen molar-refractivity contribution in [3.8, 4) is 11.4 Å². The number of hydrogen-bond acceptors (Lipinski definition) is 7. The second kappa shape index (κ2) is 7.71. The predicted octanol–water partition coefficient (Wildman–Crippen LogP) is 2.87. The number of halogens is 1. The Morgan fingerprint density at radius 1 is 1.48 bits per heavy atom. The van der Waals surface area contributed by atoms with E-state index in [9.17, 15) is 9.59 Å². The van der Waals surface area contributed by atoms with Crippen LogP contribution in [0.4, 0.5) is 0 Å². The van der Waals surface area contributed by atoms with E-state index in [4.69, 9.17) is 20.9 Å². The van der Waals surface area contributed by atoms with Crippen molar-refractivity contribution < 1.29 is 18.8 Å². The van der Waals surface area contributed by atoms with Crippen LogP contribution in [0.1, 0.15) is 12.8 Å². The van der Waals surface area contributed by atoms with Crippen LogP contribution in [0.5, 0.6) is 0 Å². The van der Waals surface area contributed by atoms with Gasteiger partial charge < -0.3 is 9.26 Å². The van der Waals surface area contributed by atoms with Gasteiger partial charge >= 0.3 is 5.97 Å². The van der Waals surface area contributed by atoms with Crippen LogP contribution >= 0.6 is 23.4 Å². The monoisotopic (exact) mass is 379 g/mol. The Bertz CT molecular complexity index is 836. The highest BCUT2D eigenvalue weighted by atomic mass is 35.5. The molecule has 1 aliphatic heterocycles. The van der Waals surface area contributed by atoms with Crippen molar-refractivity contribution in [2.24, 2.45) is 0 Å². The summed E-state index contributed by atoms with van der Waals surface area (Å²) in [5, 5.41) is 4.91. The summed E-state index contributed by atoms with van der Waals surface area (Å²) >= 11 is 7.38. The number of hydrogen-bond donors (Lipinski definition) is 0. The van der Waals surface area contributed by atoms with Gasteiger partial charge in [-0.05, 0) is 19.1 Å². The number of ether oxygens (including phenoxy) is 1. The summed E-state index contributed by atoms with van der Waals surface area (Å²) in [5.74, 6) is 0.206. The van der Waals surface area contributed by atoms with Gasteiger partial charge in [-0.25, -0.2) is 4.79 Å². The highest BCUT2D eigenvalue weighted by Crippen LogP contribution is 2.31. The zero-order valence-electron chi connectivity index (χ0n) is 13.3. The molecule has 0 unspecified atom stereocenters. The fourth-order valence-electron chi connectivity index (χ4n) is 2.19. The molecule has 25 heavy (non-hydrogen) atoms. The average Bonchev–Trinajstić information content (AvgIpc) is 3.18. The van der Waals surface area contributed by atoms with Gasteiger partial charge in [0.2, 0.25) is 17.6 Å². The smallest absolute Gasteiger partial charge is 0.333 e. The Morgan fingerprint density at radius 3 is 3.04 bits per heavy atom. The molecule has 130 valence electrons. The highest BCUT2D eigenvalue weighted by Gasteiger charge is 2.29. The molecule has 1 amide bonds. The Hall–Kier alpha value is -2.32. The number of carbonyl (C=O) groups excluding carboxylic acids is 2. The Labute approximate surface area is 153 Å². The molecular weight excluding hydrogens is 366 g/mol. The van der Waals surface area contributed by atoms with E-state index in [1.807, 2.05) is 6.07 Å². The Morgan fingerprint density at radius 2 is 2.28 bits per heavy atom. The maximum atomic E-state index is 12.1. The van der Waals surface area contributed by atoms with Crippen molar-refractivity contribution >= 4 is 35.2 Å². The van der Waals surface area contributed by atoms with Crippen molar-refractivity contribution in [3.05, 3.63) is 46.3 Å². The third-order valence-corrected chi connectivity index (χ3v) is 4.67. The summed E-state index contributed by atoms with van der Waals surface area (Å²) in [5.41, 5.74) is 0.642. The molecule has 1 aliphatic rings. The van der Waals surface area contributed by atoms with Gasteiger partial charge in [0, 0.05) is 5.56 Å². The molecule has 0 atom stereocenters. The molecule has 0 aliphatic carbocycles. The SMILES string of the molecule is CCOC(=O)/C=C1\SCC(=O)N1Cc1nc(-c2ccccc2Cl)no1. The molecule has 2 heterocycles. The fourth-order valence-corrected chi connectivity index (χ4v) is 3.34. The first kappa shape index (κ1) is 17.5. The Kier molecular flexibility index (Phi) is 5.40. The number of benzene rings is 1. The molecule has 0 radical (unpaired) electrons. The summed E-state index contributed by atoms with van der Waals surface area (Å²) in [6.45, 7) is 2.07. The maximum absolute atomic E-state index is 12.1. The molecule has 0 N–H and O–H groups in total. The van der Waals surface area contributed by atoms with E-state index in [1.165, 1.54) is 22.7 Å². The van der Waals surface area contributed by atoms with Crippen LogP contribution in [-0.4, -0.2) is 39.3 Å². The van der Waals surface area contributed by atoms with E-state index in [0.717, 1.165) is 0 Å². The molecule has 1 aromatic heterocycles. The third-order valence-electron chi connectivity index (χ3n) is 3.31. The highest BCUT2D eigenvalue weighted by molar-refractivity contribution is 8.04. The topological polar surface area (TPSA) is 85.5 Å². The third kappa shape index (κ3) is 4.02. The van der Waals surface area contributed by atoms with Crippen LogP contribution in [0.25, 0.3) is 11.4 Å². The first-order chi connectivity index (χ1) is 12.1. The first-order valence-electron chi connectivity index (χ1n) is 7.47. The van der Waals surface area contributed by atoms with Gasteiger partial charge in [0.1, 0.15) is 6.54 Å². The number of rotatable bonds is 5. The summed E-state index contributed by atoms with van der Waals surface area (Å²) in [4.78, 5) is 29.4. The van der Waals surface area contributed by atoms with Crippen molar-refractivity contribution in [2.75, 3.05) is 12.4 Å². The summed E-state index contributed by atoms with van der Waals surface area (Å²) < 4.78 is 10.1. The summed E-state index contributed by atoms with van der Waals surface area (Å²) in [6.07, 6.45) is 1.30.